The van der Waals surface area contributed by atoms with Crippen molar-refractivity contribution in [1.82, 2.24) is 9.78 Å². The minimum Gasteiger partial charge on any atom is -0.383 e. The summed E-state index contributed by atoms with van der Waals surface area (Å²) in [6.07, 6.45) is 1.54. The van der Waals surface area contributed by atoms with Crippen LogP contribution in [-0.2, 0) is 11.3 Å². The Bertz CT molecular complexity index is 600. The van der Waals surface area contributed by atoms with Gasteiger partial charge < -0.3 is 10.5 Å². The molecule has 0 bridgehead atoms. The SMILES string of the molecule is COCCn1ncc(Cl)c1C(N)c1cc(F)ccc1C. The van der Waals surface area contributed by atoms with Crippen molar-refractivity contribution in [3.8, 4) is 0 Å². The molecule has 0 fully saturated rings. The normalized spacial score (nSPS) is 12.7. The Balaban J connectivity index is 2.39. The Kier molecular flexibility index (Phi) is 4.75. The van der Waals surface area contributed by atoms with Crippen molar-refractivity contribution >= 4 is 11.6 Å². The topological polar surface area (TPSA) is 53.1 Å². The van der Waals surface area contributed by atoms with Gasteiger partial charge in [0.05, 0.1) is 36.1 Å². The Morgan fingerprint density at radius 3 is 2.95 bits per heavy atom. The van der Waals surface area contributed by atoms with Crippen LogP contribution in [0.25, 0.3) is 0 Å². The lowest BCUT2D eigenvalue weighted by Crippen LogP contribution is -2.20. The maximum Gasteiger partial charge on any atom is 0.123 e. The van der Waals surface area contributed by atoms with Gasteiger partial charge in [0.2, 0.25) is 0 Å². The van der Waals surface area contributed by atoms with Gasteiger partial charge in [0, 0.05) is 7.11 Å². The second-order valence-electron chi connectivity index (χ2n) is 4.57. The van der Waals surface area contributed by atoms with E-state index in [2.05, 4.69) is 5.10 Å². The van der Waals surface area contributed by atoms with Crippen LogP contribution in [0.4, 0.5) is 4.39 Å². The van der Waals surface area contributed by atoms with E-state index in [0.29, 0.717) is 29.4 Å². The van der Waals surface area contributed by atoms with Gasteiger partial charge in [-0.1, -0.05) is 17.7 Å². The Labute approximate surface area is 122 Å². The lowest BCUT2D eigenvalue weighted by Gasteiger charge is -2.17. The first-order valence-electron chi connectivity index (χ1n) is 6.26. The van der Waals surface area contributed by atoms with Crippen molar-refractivity contribution in [3.05, 3.63) is 52.1 Å². The molecule has 6 heteroatoms. The first-order valence-corrected chi connectivity index (χ1v) is 6.64. The average Bonchev–Trinajstić information content (AvgIpc) is 2.79. The maximum atomic E-state index is 13.4. The first kappa shape index (κ1) is 15.0. The minimum atomic E-state index is -0.530. The molecule has 0 aliphatic heterocycles. The van der Waals surface area contributed by atoms with E-state index in [0.717, 1.165) is 5.56 Å². The van der Waals surface area contributed by atoms with Crippen LogP contribution in [0.2, 0.25) is 5.02 Å². The largest absolute Gasteiger partial charge is 0.383 e. The van der Waals surface area contributed by atoms with Crippen molar-refractivity contribution in [2.45, 2.75) is 19.5 Å². The maximum absolute atomic E-state index is 13.4. The van der Waals surface area contributed by atoms with Crippen molar-refractivity contribution in [2.75, 3.05) is 13.7 Å². The molecular weight excluding hydrogens is 281 g/mol. The van der Waals surface area contributed by atoms with Gasteiger partial charge >= 0.3 is 0 Å². The fourth-order valence-corrected chi connectivity index (χ4v) is 2.39. The fraction of sp³-hybridized carbons (Fsp3) is 0.357. The van der Waals surface area contributed by atoms with Gasteiger partial charge in [-0.25, -0.2) is 4.39 Å². The van der Waals surface area contributed by atoms with E-state index in [4.69, 9.17) is 22.1 Å². The molecule has 0 radical (unpaired) electrons. The van der Waals surface area contributed by atoms with Crippen molar-refractivity contribution in [3.63, 3.8) is 0 Å². The quantitative estimate of drug-likeness (QED) is 0.923. The van der Waals surface area contributed by atoms with E-state index >= 15 is 0 Å². The van der Waals surface area contributed by atoms with Crippen molar-refractivity contribution < 1.29 is 9.13 Å². The van der Waals surface area contributed by atoms with Gasteiger partial charge in [-0.2, -0.15) is 5.10 Å². The average molecular weight is 298 g/mol. The fourth-order valence-electron chi connectivity index (χ4n) is 2.13. The molecule has 0 saturated carbocycles. The van der Waals surface area contributed by atoms with Crippen molar-refractivity contribution in [2.24, 2.45) is 5.73 Å². The second kappa shape index (κ2) is 6.35. The molecule has 2 rings (SSSR count). The van der Waals surface area contributed by atoms with E-state index in [1.807, 2.05) is 6.92 Å². The van der Waals surface area contributed by atoms with Gasteiger partial charge in [0.1, 0.15) is 5.82 Å². The van der Waals surface area contributed by atoms with Crippen LogP contribution in [-0.4, -0.2) is 23.5 Å². The zero-order valence-corrected chi connectivity index (χ0v) is 12.2. The third-order valence-corrected chi connectivity index (χ3v) is 3.50. The van der Waals surface area contributed by atoms with E-state index in [1.165, 1.54) is 12.1 Å². The molecule has 1 heterocycles. The molecule has 0 saturated heterocycles. The Morgan fingerprint density at radius 1 is 1.50 bits per heavy atom. The summed E-state index contributed by atoms with van der Waals surface area (Å²) in [5.41, 5.74) is 8.53. The number of rotatable bonds is 5. The highest BCUT2D eigenvalue weighted by Crippen LogP contribution is 2.28. The number of benzene rings is 1. The molecule has 108 valence electrons. The standard InChI is InChI=1S/C14H17ClFN3O/c1-9-3-4-10(16)7-11(9)13(17)14-12(15)8-18-19(14)5-6-20-2/h3-4,7-8,13H,5-6,17H2,1-2H3. The van der Waals surface area contributed by atoms with Crippen LogP contribution in [0.3, 0.4) is 0 Å². The minimum absolute atomic E-state index is 0.319. The van der Waals surface area contributed by atoms with Gasteiger partial charge in [-0.3, -0.25) is 4.68 Å². The van der Waals surface area contributed by atoms with Gasteiger partial charge in [-0.05, 0) is 30.2 Å². The number of aryl methyl sites for hydroxylation is 1. The highest BCUT2D eigenvalue weighted by atomic mass is 35.5. The summed E-state index contributed by atoms with van der Waals surface area (Å²) >= 11 is 6.16. The number of aromatic nitrogens is 2. The van der Waals surface area contributed by atoms with Crippen LogP contribution >= 0.6 is 11.6 Å². The summed E-state index contributed by atoms with van der Waals surface area (Å²) in [7, 11) is 1.61. The number of hydrogen-bond donors (Lipinski definition) is 1. The van der Waals surface area contributed by atoms with E-state index in [-0.39, 0.29) is 5.82 Å². The predicted molar refractivity (Wildman–Crippen MR) is 76.3 cm³/mol. The molecule has 4 nitrogen and oxygen atoms in total. The number of nitrogens with zero attached hydrogens (tertiary/aromatic N) is 2. The third-order valence-electron chi connectivity index (χ3n) is 3.21. The van der Waals surface area contributed by atoms with Crippen LogP contribution in [0.15, 0.2) is 24.4 Å². The molecule has 2 N–H and O–H groups in total. The Hall–Kier alpha value is -1.43. The molecule has 0 amide bonds. The molecule has 1 atom stereocenters. The number of hydrogen-bond acceptors (Lipinski definition) is 3. The van der Waals surface area contributed by atoms with Gasteiger partial charge in [0.15, 0.2) is 0 Å². The number of methoxy groups -OCH3 is 1. The van der Waals surface area contributed by atoms with Crippen LogP contribution in [0.5, 0.6) is 0 Å². The molecule has 20 heavy (non-hydrogen) atoms. The third kappa shape index (κ3) is 3.00. The number of halogens is 2. The summed E-state index contributed by atoms with van der Waals surface area (Å²) in [5, 5.41) is 4.65. The Morgan fingerprint density at radius 2 is 2.25 bits per heavy atom. The molecular formula is C14H17ClFN3O. The predicted octanol–water partition coefficient (Wildman–Crippen LogP) is 2.68. The van der Waals surface area contributed by atoms with Crippen LogP contribution in [0, 0.1) is 12.7 Å². The summed E-state index contributed by atoms with van der Waals surface area (Å²) in [6, 6.07) is 4.02. The summed E-state index contributed by atoms with van der Waals surface area (Å²) < 4.78 is 20.2. The highest BCUT2D eigenvalue weighted by Gasteiger charge is 2.20. The first-order chi connectivity index (χ1) is 9.54. The second-order valence-corrected chi connectivity index (χ2v) is 4.98. The molecule has 1 aromatic carbocycles. The summed E-state index contributed by atoms with van der Waals surface area (Å²) in [4.78, 5) is 0. The molecule has 0 aliphatic rings. The smallest absolute Gasteiger partial charge is 0.123 e. The molecule has 2 aromatic rings. The lowest BCUT2D eigenvalue weighted by atomic mass is 9.99. The lowest BCUT2D eigenvalue weighted by molar-refractivity contribution is 0.182. The van der Waals surface area contributed by atoms with E-state index in [9.17, 15) is 4.39 Å². The molecule has 1 aromatic heterocycles. The monoisotopic (exact) mass is 297 g/mol. The van der Waals surface area contributed by atoms with E-state index < -0.39 is 6.04 Å². The van der Waals surface area contributed by atoms with Crippen LogP contribution < -0.4 is 5.73 Å². The zero-order valence-electron chi connectivity index (χ0n) is 11.4. The van der Waals surface area contributed by atoms with Gasteiger partial charge in [-0.15, -0.1) is 0 Å². The van der Waals surface area contributed by atoms with E-state index in [1.54, 1.807) is 24.1 Å². The summed E-state index contributed by atoms with van der Waals surface area (Å²) in [5.74, 6) is -0.319. The van der Waals surface area contributed by atoms with Crippen molar-refractivity contribution in [1.29, 1.82) is 0 Å². The molecule has 0 spiro atoms. The zero-order chi connectivity index (χ0) is 14.7. The number of nitrogens with two attached hydrogens (primary N) is 1. The van der Waals surface area contributed by atoms with Gasteiger partial charge in [0.25, 0.3) is 0 Å². The number of ether oxygens (including phenoxy) is 1. The highest BCUT2D eigenvalue weighted by molar-refractivity contribution is 6.31. The molecule has 1 unspecified atom stereocenters. The van der Waals surface area contributed by atoms with Crippen LogP contribution in [0.1, 0.15) is 22.9 Å². The molecule has 0 aliphatic carbocycles. The summed E-state index contributed by atoms with van der Waals surface area (Å²) in [6.45, 7) is 2.93.